The quantitative estimate of drug-likeness (QED) is 0.853. The molecule has 0 unspecified atom stereocenters. The maximum absolute atomic E-state index is 12.0. The van der Waals surface area contributed by atoms with E-state index in [0.717, 1.165) is 17.7 Å². The molecule has 4 heteroatoms. The van der Waals surface area contributed by atoms with E-state index < -0.39 is 0 Å². The molecule has 0 aliphatic heterocycles. The van der Waals surface area contributed by atoms with Gasteiger partial charge in [0.1, 0.15) is 11.5 Å². The number of amides is 1. The van der Waals surface area contributed by atoms with Crippen molar-refractivity contribution < 1.29 is 14.3 Å². The Morgan fingerprint density at radius 3 is 2.27 bits per heavy atom. The van der Waals surface area contributed by atoms with Crippen molar-refractivity contribution in [1.29, 1.82) is 0 Å². The Labute approximate surface area is 131 Å². The lowest BCUT2D eigenvalue weighted by molar-refractivity contribution is -0.123. The van der Waals surface area contributed by atoms with Crippen LogP contribution in [0, 0.1) is 0 Å². The van der Waals surface area contributed by atoms with Crippen molar-refractivity contribution in [1.82, 2.24) is 5.32 Å². The topological polar surface area (TPSA) is 47.6 Å². The molecule has 1 amide bonds. The number of carbonyl (C=O) groups excluding carboxylic acids is 1. The molecule has 0 radical (unpaired) electrons. The number of hydrogen-bond donors (Lipinski definition) is 1. The number of rotatable bonds is 7. The molecule has 1 N–H and O–H groups in total. The standard InChI is InChI=1S/C18H21NO3/c1-3-17(14-7-5-4-6-8-14)19-18(20)13-22-16-11-9-15(21-2)10-12-16/h4-12,17H,3,13H2,1-2H3,(H,19,20)/t17-/m1/s1. The van der Waals surface area contributed by atoms with E-state index in [0.29, 0.717) is 5.75 Å². The van der Waals surface area contributed by atoms with E-state index in [1.165, 1.54) is 0 Å². The highest BCUT2D eigenvalue weighted by Gasteiger charge is 2.12. The molecule has 4 nitrogen and oxygen atoms in total. The van der Waals surface area contributed by atoms with Gasteiger partial charge in [-0.15, -0.1) is 0 Å². The van der Waals surface area contributed by atoms with Crippen molar-refractivity contribution >= 4 is 5.91 Å². The molecule has 0 saturated carbocycles. The smallest absolute Gasteiger partial charge is 0.258 e. The molecule has 0 fully saturated rings. The van der Waals surface area contributed by atoms with Crippen LogP contribution in [0.2, 0.25) is 0 Å². The predicted molar refractivity (Wildman–Crippen MR) is 86.1 cm³/mol. The molecule has 0 spiro atoms. The molecule has 0 saturated heterocycles. The second-order valence-corrected chi connectivity index (χ2v) is 4.90. The van der Waals surface area contributed by atoms with Crippen LogP contribution in [0.25, 0.3) is 0 Å². The summed E-state index contributed by atoms with van der Waals surface area (Å²) >= 11 is 0. The average Bonchev–Trinajstić information content (AvgIpc) is 2.59. The monoisotopic (exact) mass is 299 g/mol. The fraction of sp³-hybridized carbons (Fsp3) is 0.278. The van der Waals surface area contributed by atoms with Gasteiger partial charge >= 0.3 is 0 Å². The number of benzene rings is 2. The molecule has 22 heavy (non-hydrogen) atoms. The number of ether oxygens (including phenoxy) is 2. The van der Waals surface area contributed by atoms with Crippen molar-refractivity contribution in [2.45, 2.75) is 19.4 Å². The lowest BCUT2D eigenvalue weighted by Gasteiger charge is -2.17. The van der Waals surface area contributed by atoms with Gasteiger partial charge in [-0.25, -0.2) is 0 Å². The summed E-state index contributed by atoms with van der Waals surface area (Å²) in [6.45, 7) is 2.04. The number of methoxy groups -OCH3 is 1. The van der Waals surface area contributed by atoms with E-state index in [9.17, 15) is 4.79 Å². The van der Waals surface area contributed by atoms with Crippen molar-refractivity contribution in [2.75, 3.05) is 13.7 Å². The first-order valence-electron chi connectivity index (χ1n) is 7.34. The summed E-state index contributed by atoms with van der Waals surface area (Å²) in [7, 11) is 1.61. The summed E-state index contributed by atoms with van der Waals surface area (Å²) in [6.07, 6.45) is 0.832. The van der Waals surface area contributed by atoms with E-state index in [1.807, 2.05) is 37.3 Å². The van der Waals surface area contributed by atoms with E-state index in [4.69, 9.17) is 9.47 Å². The van der Waals surface area contributed by atoms with Crippen LogP contribution in [0.5, 0.6) is 11.5 Å². The SMILES string of the molecule is CC[C@@H](NC(=O)COc1ccc(OC)cc1)c1ccccc1. The highest BCUT2D eigenvalue weighted by atomic mass is 16.5. The summed E-state index contributed by atoms with van der Waals surface area (Å²) in [5, 5.41) is 2.99. The molecule has 2 aromatic rings. The second kappa shape index (κ2) is 8.08. The third-order valence-corrected chi connectivity index (χ3v) is 3.37. The third-order valence-electron chi connectivity index (χ3n) is 3.37. The van der Waals surface area contributed by atoms with E-state index >= 15 is 0 Å². The minimum atomic E-state index is -0.133. The van der Waals surface area contributed by atoms with Gasteiger partial charge in [0.05, 0.1) is 13.2 Å². The van der Waals surface area contributed by atoms with Gasteiger partial charge < -0.3 is 14.8 Å². The van der Waals surface area contributed by atoms with Gasteiger partial charge in [0.2, 0.25) is 0 Å². The first-order chi connectivity index (χ1) is 10.7. The molecular weight excluding hydrogens is 278 g/mol. The maximum Gasteiger partial charge on any atom is 0.258 e. The Hall–Kier alpha value is -2.49. The van der Waals surface area contributed by atoms with Gasteiger partial charge in [0.15, 0.2) is 6.61 Å². The molecule has 2 aromatic carbocycles. The summed E-state index contributed by atoms with van der Waals surface area (Å²) in [6, 6.07) is 17.1. The maximum atomic E-state index is 12.0. The molecule has 0 bridgehead atoms. The molecule has 2 rings (SSSR count). The van der Waals surface area contributed by atoms with Gasteiger partial charge in [-0.3, -0.25) is 4.79 Å². The zero-order valence-electron chi connectivity index (χ0n) is 12.9. The zero-order chi connectivity index (χ0) is 15.8. The molecule has 116 valence electrons. The number of hydrogen-bond acceptors (Lipinski definition) is 3. The molecule has 0 heterocycles. The van der Waals surface area contributed by atoms with Crippen molar-refractivity contribution in [3.8, 4) is 11.5 Å². The first-order valence-corrected chi connectivity index (χ1v) is 7.34. The number of carbonyl (C=O) groups is 1. The largest absolute Gasteiger partial charge is 0.497 e. The highest BCUT2D eigenvalue weighted by molar-refractivity contribution is 5.78. The minimum absolute atomic E-state index is 0.00430. The zero-order valence-corrected chi connectivity index (χ0v) is 12.9. The third kappa shape index (κ3) is 4.52. The Balaban J connectivity index is 1.86. The average molecular weight is 299 g/mol. The van der Waals surface area contributed by atoms with Crippen LogP contribution in [0.1, 0.15) is 24.9 Å². The van der Waals surface area contributed by atoms with Crippen molar-refractivity contribution in [3.63, 3.8) is 0 Å². The second-order valence-electron chi connectivity index (χ2n) is 4.90. The van der Waals surface area contributed by atoms with Gasteiger partial charge in [-0.1, -0.05) is 37.3 Å². The first kappa shape index (κ1) is 15.9. The molecule has 0 aromatic heterocycles. The van der Waals surface area contributed by atoms with Gasteiger partial charge in [-0.05, 0) is 36.2 Å². The molecular formula is C18H21NO3. The normalized spacial score (nSPS) is 11.5. The lowest BCUT2D eigenvalue weighted by Crippen LogP contribution is -2.32. The van der Waals surface area contributed by atoms with Gasteiger partial charge in [-0.2, -0.15) is 0 Å². The predicted octanol–water partition coefficient (Wildman–Crippen LogP) is 3.34. The number of nitrogens with one attached hydrogen (secondary N) is 1. The summed E-state index contributed by atoms with van der Waals surface area (Å²) in [4.78, 5) is 12.0. The van der Waals surface area contributed by atoms with E-state index in [-0.39, 0.29) is 18.6 Å². The molecule has 0 aliphatic rings. The molecule has 0 aliphatic carbocycles. The summed E-state index contributed by atoms with van der Waals surface area (Å²) < 4.78 is 10.6. The van der Waals surface area contributed by atoms with Gasteiger partial charge in [0, 0.05) is 0 Å². The van der Waals surface area contributed by atoms with Crippen LogP contribution in [0.4, 0.5) is 0 Å². The van der Waals surface area contributed by atoms with E-state index in [1.54, 1.807) is 31.4 Å². The van der Waals surface area contributed by atoms with Crippen LogP contribution in [0.15, 0.2) is 54.6 Å². The van der Waals surface area contributed by atoms with Crippen LogP contribution < -0.4 is 14.8 Å². The Morgan fingerprint density at radius 1 is 1.05 bits per heavy atom. The highest BCUT2D eigenvalue weighted by Crippen LogP contribution is 2.18. The molecule has 1 atom stereocenters. The van der Waals surface area contributed by atoms with Gasteiger partial charge in [0.25, 0.3) is 5.91 Å². The van der Waals surface area contributed by atoms with E-state index in [2.05, 4.69) is 5.32 Å². The Bertz CT molecular complexity index is 581. The van der Waals surface area contributed by atoms with Crippen LogP contribution in [0.3, 0.4) is 0 Å². The Kier molecular flexibility index (Phi) is 5.83. The van der Waals surface area contributed by atoms with Crippen molar-refractivity contribution in [2.24, 2.45) is 0 Å². The van der Waals surface area contributed by atoms with Crippen LogP contribution in [-0.2, 0) is 4.79 Å². The van der Waals surface area contributed by atoms with Crippen LogP contribution in [-0.4, -0.2) is 19.6 Å². The fourth-order valence-electron chi connectivity index (χ4n) is 2.16. The Morgan fingerprint density at radius 2 is 1.68 bits per heavy atom. The minimum Gasteiger partial charge on any atom is -0.497 e. The lowest BCUT2D eigenvalue weighted by atomic mass is 10.0. The summed E-state index contributed by atoms with van der Waals surface area (Å²) in [5.74, 6) is 1.27. The fourth-order valence-corrected chi connectivity index (χ4v) is 2.16. The summed E-state index contributed by atoms with van der Waals surface area (Å²) in [5.41, 5.74) is 1.10. The van der Waals surface area contributed by atoms with Crippen LogP contribution >= 0.6 is 0 Å². The van der Waals surface area contributed by atoms with Crippen molar-refractivity contribution in [3.05, 3.63) is 60.2 Å².